The standard InChI is InChI=1S/C19H15FN2O3S/c20-17-8-4-5-9-19(17)26(24,25)22-13-18(23)16-10-15(11-21-12-16)14-6-2-1-3-7-14/h1-12,22H,13H2. The van der Waals surface area contributed by atoms with Gasteiger partial charge in [0, 0.05) is 23.5 Å². The molecule has 0 radical (unpaired) electrons. The fourth-order valence-electron chi connectivity index (χ4n) is 2.38. The molecule has 26 heavy (non-hydrogen) atoms. The Bertz CT molecular complexity index is 1040. The first kappa shape index (κ1) is 17.9. The van der Waals surface area contributed by atoms with E-state index in [1.165, 1.54) is 18.3 Å². The van der Waals surface area contributed by atoms with Crippen LogP contribution < -0.4 is 4.72 Å². The molecule has 0 aliphatic carbocycles. The van der Waals surface area contributed by atoms with Crippen LogP contribution in [0.15, 0.2) is 78.0 Å². The fraction of sp³-hybridized carbons (Fsp3) is 0.0526. The van der Waals surface area contributed by atoms with Crippen LogP contribution in [0.4, 0.5) is 4.39 Å². The summed E-state index contributed by atoms with van der Waals surface area (Å²) in [5.41, 5.74) is 1.90. The maximum absolute atomic E-state index is 13.7. The molecule has 0 unspecified atom stereocenters. The number of carbonyl (C=O) groups is 1. The molecule has 3 aromatic rings. The van der Waals surface area contributed by atoms with Gasteiger partial charge in [0.2, 0.25) is 10.0 Å². The van der Waals surface area contributed by atoms with Crippen molar-refractivity contribution in [3.05, 3.63) is 84.4 Å². The third-order valence-electron chi connectivity index (χ3n) is 3.72. The van der Waals surface area contributed by atoms with Crippen molar-refractivity contribution in [1.29, 1.82) is 0 Å². The summed E-state index contributed by atoms with van der Waals surface area (Å²) in [6, 6.07) is 16.0. The lowest BCUT2D eigenvalue weighted by Gasteiger charge is -2.08. The zero-order valence-electron chi connectivity index (χ0n) is 13.6. The molecule has 3 rings (SSSR count). The number of halogens is 1. The molecule has 0 aliphatic rings. The molecule has 0 saturated carbocycles. The van der Waals surface area contributed by atoms with Crippen LogP contribution in [0.5, 0.6) is 0 Å². The van der Waals surface area contributed by atoms with E-state index in [1.807, 2.05) is 30.3 Å². The summed E-state index contributed by atoms with van der Waals surface area (Å²) in [5, 5.41) is 0. The zero-order valence-corrected chi connectivity index (χ0v) is 14.4. The molecule has 7 heteroatoms. The number of nitrogens with one attached hydrogen (secondary N) is 1. The van der Waals surface area contributed by atoms with E-state index in [-0.39, 0.29) is 5.56 Å². The molecule has 0 fully saturated rings. The summed E-state index contributed by atoms with van der Waals surface area (Å²) in [5.74, 6) is -1.34. The van der Waals surface area contributed by atoms with Crippen LogP contribution in [-0.4, -0.2) is 25.7 Å². The maximum atomic E-state index is 13.7. The van der Waals surface area contributed by atoms with Gasteiger partial charge in [-0.05, 0) is 23.8 Å². The number of Topliss-reactive ketones (excluding diaryl/α,β-unsaturated/α-hetero) is 1. The Morgan fingerprint density at radius 3 is 2.38 bits per heavy atom. The van der Waals surface area contributed by atoms with E-state index in [0.29, 0.717) is 0 Å². The maximum Gasteiger partial charge on any atom is 0.243 e. The van der Waals surface area contributed by atoms with Crippen molar-refractivity contribution >= 4 is 15.8 Å². The van der Waals surface area contributed by atoms with Crippen LogP contribution in [0.3, 0.4) is 0 Å². The van der Waals surface area contributed by atoms with Gasteiger partial charge in [-0.15, -0.1) is 0 Å². The zero-order chi connectivity index (χ0) is 18.6. The monoisotopic (exact) mass is 370 g/mol. The summed E-state index contributed by atoms with van der Waals surface area (Å²) >= 11 is 0. The molecule has 0 atom stereocenters. The quantitative estimate of drug-likeness (QED) is 0.677. The Kier molecular flexibility index (Phi) is 5.20. The van der Waals surface area contributed by atoms with Crippen molar-refractivity contribution < 1.29 is 17.6 Å². The minimum Gasteiger partial charge on any atom is -0.293 e. The average Bonchev–Trinajstić information content (AvgIpc) is 2.67. The van der Waals surface area contributed by atoms with Gasteiger partial charge in [-0.1, -0.05) is 42.5 Å². The Morgan fingerprint density at radius 2 is 1.65 bits per heavy atom. The minimum atomic E-state index is -4.12. The average molecular weight is 370 g/mol. The summed E-state index contributed by atoms with van der Waals surface area (Å²) in [6.07, 6.45) is 2.99. The highest BCUT2D eigenvalue weighted by Crippen LogP contribution is 2.19. The van der Waals surface area contributed by atoms with Gasteiger partial charge in [-0.3, -0.25) is 9.78 Å². The van der Waals surface area contributed by atoms with E-state index >= 15 is 0 Å². The molecule has 1 heterocycles. The van der Waals surface area contributed by atoms with E-state index in [9.17, 15) is 17.6 Å². The minimum absolute atomic E-state index is 0.266. The Labute approximate surface area is 150 Å². The molecule has 0 saturated heterocycles. The van der Waals surface area contributed by atoms with E-state index in [0.717, 1.165) is 23.3 Å². The smallest absolute Gasteiger partial charge is 0.243 e. The largest absolute Gasteiger partial charge is 0.293 e. The van der Waals surface area contributed by atoms with E-state index < -0.39 is 33.1 Å². The molecule has 132 valence electrons. The third-order valence-corrected chi connectivity index (χ3v) is 5.15. The van der Waals surface area contributed by atoms with E-state index in [2.05, 4.69) is 9.71 Å². The first-order chi connectivity index (χ1) is 12.5. The first-order valence-electron chi connectivity index (χ1n) is 7.75. The SMILES string of the molecule is O=C(CNS(=O)(=O)c1ccccc1F)c1cncc(-c2ccccc2)c1. The number of rotatable bonds is 6. The van der Waals surface area contributed by atoms with Crippen molar-refractivity contribution in [2.45, 2.75) is 4.90 Å². The van der Waals surface area contributed by atoms with Gasteiger partial charge in [-0.25, -0.2) is 17.5 Å². The second-order valence-corrected chi connectivity index (χ2v) is 7.24. The van der Waals surface area contributed by atoms with Crippen LogP contribution in [0.2, 0.25) is 0 Å². The first-order valence-corrected chi connectivity index (χ1v) is 9.23. The summed E-state index contributed by atoms with van der Waals surface area (Å²) in [4.78, 5) is 15.9. The molecule has 0 spiro atoms. The number of aromatic nitrogens is 1. The van der Waals surface area contributed by atoms with Gasteiger partial charge in [-0.2, -0.15) is 0 Å². The lowest BCUT2D eigenvalue weighted by molar-refractivity contribution is 0.0996. The second-order valence-electron chi connectivity index (χ2n) is 5.51. The number of benzene rings is 2. The van der Waals surface area contributed by atoms with Crippen molar-refractivity contribution in [2.24, 2.45) is 0 Å². The lowest BCUT2D eigenvalue weighted by atomic mass is 10.0. The summed E-state index contributed by atoms with van der Waals surface area (Å²) < 4.78 is 40.1. The van der Waals surface area contributed by atoms with Crippen LogP contribution in [0.25, 0.3) is 11.1 Å². The summed E-state index contributed by atoms with van der Waals surface area (Å²) in [7, 11) is -4.12. The van der Waals surface area contributed by atoms with Crippen molar-refractivity contribution in [3.63, 3.8) is 0 Å². The second kappa shape index (κ2) is 7.55. The van der Waals surface area contributed by atoms with E-state index in [1.54, 1.807) is 12.3 Å². The van der Waals surface area contributed by atoms with Gasteiger partial charge in [0.25, 0.3) is 0 Å². The molecule has 5 nitrogen and oxygen atoms in total. The molecule has 2 aromatic carbocycles. The Balaban J connectivity index is 1.76. The van der Waals surface area contributed by atoms with E-state index in [4.69, 9.17) is 0 Å². The molecule has 0 aliphatic heterocycles. The molecule has 0 bridgehead atoms. The van der Waals surface area contributed by atoms with Crippen molar-refractivity contribution in [3.8, 4) is 11.1 Å². The Hall–Kier alpha value is -2.90. The van der Waals surface area contributed by atoms with Crippen LogP contribution in [0, 0.1) is 5.82 Å². The predicted octanol–water partition coefficient (Wildman–Crippen LogP) is 3.05. The van der Waals surface area contributed by atoms with Crippen molar-refractivity contribution in [2.75, 3.05) is 6.54 Å². The normalized spacial score (nSPS) is 11.3. The number of pyridine rings is 1. The highest BCUT2D eigenvalue weighted by Gasteiger charge is 2.20. The van der Waals surface area contributed by atoms with Crippen LogP contribution in [-0.2, 0) is 10.0 Å². The molecule has 1 N–H and O–H groups in total. The Morgan fingerprint density at radius 1 is 0.962 bits per heavy atom. The molecular weight excluding hydrogens is 355 g/mol. The number of hydrogen-bond acceptors (Lipinski definition) is 4. The highest BCUT2D eigenvalue weighted by atomic mass is 32.2. The molecule has 0 amide bonds. The number of nitrogens with zero attached hydrogens (tertiary/aromatic N) is 1. The molecular formula is C19H15FN2O3S. The number of ketones is 1. The van der Waals surface area contributed by atoms with Crippen LogP contribution in [0.1, 0.15) is 10.4 Å². The van der Waals surface area contributed by atoms with Gasteiger partial charge in [0.15, 0.2) is 5.78 Å². The van der Waals surface area contributed by atoms with Crippen LogP contribution >= 0.6 is 0 Å². The lowest BCUT2D eigenvalue weighted by Crippen LogP contribution is -2.30. The fourth-order valence-corrected chi connectivity index (χ4v) is 3.44. The van der Waals surface area contributed by atoms with Gasteiger partial charge in [0.05, 0.1) is 6.54 Å². The number of hydrogen-bond donors (Lipinski definition) is 1. The third kappa shape index (κ3) is 4.01. The number of sulfonamides is 1. The molecule has 1 aromatic heterocycles. The predicted molar refractivity (Wildman–Crippen MR) is 95.6 cm³/mol. The summed E-state index contributed by atoms with van der Waals surface area (Å²) in [6.45, 7) is -0.489. The topological polar surface area (TPSA) is 76.1 Å². The highest BCUT2D eigenvalue weighted by molar-refractivity contribution is 7.89. The van der Waals surface area contributed by atoms with Gasteiger partial charge >= 0.3 is 0 Å². The van der Waals surface area contributed by atoms with Gasteiger partial charge in [0.1, 0.15) is 10.7 Å². The van der Waals surface area contributed by atoms with Crippen molar-refractivity contribution in [1.82, 2.24) is 9.71 Å². The number of carbonyl (C=O) groups excluding carboxylic acids is 1. The van der Waals surface area contributed by atoms with Gasteiger partial charge < -0.3 is 0 Å².